The van der Waals surface area contributed by atoms with Crippen molar-refractivity contribution in [2.75, 3.05) is 24.0 Å². The summed E-state index contributed by atoms with van der Waals surface area (Å²) in [5, 5.41) is 8.99. The fraction of sp³-hybridized carbons (Fsp3) is 0.120. The lowest BCUT2D eigenvalue weighted by Gasteiger charge is -2.11. The van der Waals surface area contributed by atoms with E-state index in [2.05, 4.69) is 21.2 Å². The molecule has 3 amide bonds. The van der Waals surface area contributed by atoms with Crippen LogP contribution in [0.1, 0.15) is 22.8 Å². The first-order valence-electron chi connectivity index (χ1n) is 10.7. The molecule has 0 saturated heterocycles. The Morgan fingerprint density at radius 3 is 2.51 bits per heavy atom. The second-order valence-electron chi connectivity index (χ2n) is 7.22. The van der Waals surface area contributed by atoms with Gasteiger partial charge in [0.05, 0.1) is 24.1 Å². The fourth-order valence-corrected chi connectivity index (χ4v) is 3.18. The number of amides is 3. The lowest BCUT2D eigenvalue weighted by molar-refractivity contribution is -0.136. The Hall–Kier alpha value is -4.86. The maximum absolute atomic E-state index is 12.8. The van der Waals surface area contributed by atoms with Gasteiger partial charge in [-0.15, -0.1) is 0 Å². The number of anilines is 2. The van der Waals surface area contributed by atoms with Gasteiger partial charge in [-0.1, -0.05) is 12.1 Å². The molecule has 3 aromatic rings. The van der Waals surface area contributed by atoms with Crippen molar-refractivity contribution in [2.45, 2.75) is 6.92 Å². The van der Waals surface area contributed by atoms with E-state index in [1.165, 1.54) is 18.3 Å². The molecule has 0 aliphatic carbocycles. The number of hydrazone groups is 1. The minimum atomic E-state index is -0.997. The summed E-state index contributed by atoms with van der Waals surface area (Å²) in [5.74, 6) is -0.552. The summed E-state index contributed by atoms with van der Waals surface area (Å²) in [6, 6.07) is 18.4. The lowest BCUT2D eigenvalue weighted by atomic mass is 10.1. The van der Waals surface area contributed by atoms with Gasteiger partial charge in [0.15, 0.2) is 11.5 Å². The molecule has 0 atom stereocenters. The first kappa shape index (κ1) is 23.3. The Bertz CT molecular complexity index is 1270. The van der Waals surface area contributed by atoms with Crippen molar-refractivity contribution in [1.82, 2.24) is 5.43 Å². The second kappa shape index (κ2) is 10.8. The Labute approximate surface area is 200 Å². The molecule has 0 spiro atoms. The highest BCUT2D eigenvalue weighted by Crippen LogP contribution is 2.32. The van der Waals surface area contributed by atoms with Crippen molar-refractivity contribution in [3.63, 3.8) is 0 Å². The van der Waals surface area contributed by atoms with E-state index in [0.29, 0.717) is 35.1 Å². The molecule has 1 heterocycles. The monoisotopic (exact) mass is 474 g/mol. The molecule has 3 N–H and O–H groups in total. The zero-order valence-corrected chi connectivity index (χ0v) is 18.7. The Morgan fingerprint density at radius 2 is 1.71 bits per heavy atom. The van der Waals surface area contributed by atoms with Crippen LogP contribution in [0.5, 0.6) is 17.2 Å². The van der Waals surface area contributed by atoms with Gasteiger partial charge in [0.25, 0.3) is 5.91 Å². The molecule has 0 unspecified atom stereocenters. The molecule has 10 heteroatoms. The van der Waals surface area contributed by atoms with Crippen LogP contribution < -0.4 is 30.3 Å². The Kier molecular flexibility index (Phi) is 7.22. The van der Waals surface area contributed by atoms with Gasteiger partial charge < -0.3 is 24.8 Å². The first-order valence-corrected chi connectivity index (χ1v) is 10.7. The molecule has 0 aromatic heterocycles. The summed E-state index contributed by atoms with van der Waals surface area (Å²) in [7, 11) is 0. The SMILES string of the molecule is CCOc1ccc(NC(=O)c2ccccc2NC(=O)C(=O)N/N=C/c2ccc3c(c2)OCO3)cc1. The smallest absolute Gasteiger partial charge is 0.329 e. The largest absolute Gasteiger partial charge is 0.494 e. The zero-order chi connectivity index (χ0) is 24.6. The van der Waals surface area contributed by atoms with Crippen LogP contribution >= 0.6 is 0 Å². The summed E-state index contributed by atoms with van der Waals surface area (Å²) < 4.78 is 15.9. The number of fused-ring (bicyclic) bond motifs is 1. The van der Waals surface area contributed by atoms with Crippen LogP contribution in [-0.2, 0) is 9.59 Å². The van der Waals surface area contributed by atoms with Gasteiger partial charge in [-0.25, -0.2) is 5.43 Å². The topological polar surface area (TPSA) is 127 Å². The molecule has 4 rings (SSSR count). The summed E-state index contributed by atoms with van der Waals surface area (Å²) in [5.41, 5.74) is 3.72. The average Bonchev–Trinajstić information content (AvgIpc) is 3.33. The lowest BCUT2D eigenvalue weighted by Crippen LogP contribution is -2.33. The van der Waals surface area contributed by atoms with Gasteiger partial charge in [-0.2, -0.15) is 5.10 Å². The second-order valence-corrected chi connectivity index (χ2v) is 7.22. The third-order valence-electron chi connectivity index (χ3n) is 4.83. The van der Waals surface area contributed by atoms with Crippen LogP contribution in [0.2, 0.25) is 0 Å². The number of hydrogen-bond acceptors (Lipinski definition) is 7. The Morgan fingerprint density at radius 1 is 0.943 bits per heavy atom. The van der Waals surface area contributed by atoms with E-state index in [4.69, 9.17) is 14.2 Å². The molecular formula is C25H22N4O6. The van der Waals surface area contributed by atoms with Crippen LogP contribution in [0.4, 0.5) is 11.4 Å². The van der Waals surface area contributed by atoms with Gasteiger partial charge in [-0.3, -0.25) is 14.4 Å². The quantitative estimate of drug-likeness (QED) is 0.274. The van der Waals surface area contributed by atoms with E-state index < -0.39 is 17.7 Å². The number of benzene rings is 3. The highest BCUT2D eigenvalue weighted by atomic mass is 16.7. The van der Waals surface area contributed by atoms with Crippen LogP contribution in [0.15, 0.2) is 71.8 Å². The summed E-state index contributed by atoms with van der Waals surface area (Å²) in [6.45, 7) is 2.56. The molecular weight excluding hydrogens is 452 g/mol. The molecule has 3 aromatic carbocycles. The number of rotatable bonds is 7. The minimum absolute atomic E-state index is 0.145. The predicted octanol–water partition coefficient (Wildman–Crippen LogP) is 3.16. The highest BCUT2D eigenvalue weighted by Gasteiger charge is 2.18. The molecule has 0 saturated carbocycles. The average molecular weight is 474 g/mol. The van der Waals surface area contributed by atoms with Crippen LogP contribution in [-0.4, -0.2) is 37.3 Å². The maximum atomic E-state index is 12.8. The van der Waals surface area contributed by atoms with Crippen LogP contribution in [0, 0.1) is 0 Å². The van der Waals surface area contributed by atoms with Gasteiger partial charge in [-0.05, 0) is 67.1 Å². The van der Waals surface area contributed by atoms with Gasteiger partial charge in [0.1, 0.15) is 5.75 Å². The van der Waals surface area contributed by atoms with Crippen LogP contribution in [0.25, 0.3) is 0 Å². The normalized spacial score (nSPS) is 11.7. The molecule has 35 heavy (non-hydrogen) atoms. The van der Waals surface area contributed by atoms with E-state index in [1.807, 2.05) is 6.92 Å². The third kappa shape index (κ3) is 5.93. The van der Waals surface area contributed by atoms with Crippen LogP contribution in [0.3, 0.4) is 0 Å². The molecule has 0 radical (unpaired) electrons. The van der Waals surface area contributed by atoms with Crippen molar-refractivity contribution in [1.29, 1.82) is 0 Å². The summed E-state index contributed by atoms with van der Waals surface area (Å²) in [6.07, 6.45) is 1.37. The first-order chi connectivity index (χ1) is 17.0. The molecule has 0 bridgehead atoms. The molecule has 0 fully saturated rings. The number of nitrogens with zero attached hydrogens (tertiary/aromatic N) is 1. The zero-order valence-electron chi connectivity index (χ0n) is 18.7. The molecule has 178 valence electrons. The number of carbonyl (C=O) groups excluding carboxylic acids is 3. The molecule has 1 aliphatic rings. The number of carbonyl (C=O) groups is 3. The van der Waals surface area contributed by atoms with Gasteiger partial charge >= 0.3 is 11.8 Å². The number of hydrogen-bond donors (Lipinski definition) is 3. The summed E-state index contributed by atoms with van der Waals surface area (Å²) >= 11 is 0. The molecule has 1 aliphatic heterocycles. The molecule has 10 nitrogen and oxygen atoms in total. The number of nitrogens with one attached hydrogen (secondary N) is 3. The fourth-order valence-electron chi connectivity index (χ4n) is 3.18. The summed E-state index contributed by atoms with van der Waals surface area (Å²) in [4.78, 5) is 37.3. The maximum Gasteiger partial charge on any atom is 0.329 e. The third-order valence-corrected chi connectivity index (χ3v) is 4.83. The minimum Gasteiger partial charge on any atom is -0.494 e. The number of para-hydroxylation sites is 1. The van der Waals surface area contributed by atoms with E-state index in [0.717, 1.165) is 0 Å². The van der Waals surface area contributed by atoms with Crippen molar-refractivity contribution in [2.24, 2.45) is 5.10 Å². The highest BCUT2D eigenvalue weighted by molar-refractivity contribution is 6.40. The van der Waals surface area contributed by atoms with E-state index >= 15 is 0 Å². The number of ether oxygens (including phenoxy) is 3. The van der Waals surface area contributed by atoms with Crippen molar-refractivity contribution < 1.29 is 28.6 Å². The van der Waals surface area contributed by atoms with Gasteiger partial charge in [0.2, 0.25) is 6.79 Å². The van der Waals surface area contributed by atoms with E-state index in [1.54, 1.807) is 54.6 Å². The van der Waals surface area contributed by atoms with E-state index in [9.17, 15) is 14.4 Å². The Balaban J connectivity index is 1.35. The van der Waals surface area contributed by atoms with E-state index in [-0.39, 0.29) is 18.0 Å². The van der Waals surface area contributed by atoms with Crippen molar-refractivity contribution in [3.05, 3.63) is 77.9 Å². The van der Waals surface area contributed by atoms with Crippen molar-refractivity contribution >= 4 is 35.3 Å². The standard InChI is InChI=1S/C25H22N4O6/c1-2-33-18-10-8-17(9-11-18)27-23(30)19-5-3-4-6-20(19)28-24(31)25(32)29-26-14-16-7-12-21-22(13-16)35-15-34-21/h3-14H,2,15H2,1H3,(H,27,30)(H,28,31)(H,29,32)/b26-14+. The predicted molar refractivity (Wildman–Crippen MR) is 129 cm³/mol. The van der Waals surface area contributed by atoms with Gasteiger partial charge in [0, 0.05) is 5.69 Å². The van der Waals surface area contributed by atoms with Crippen molar-refractivity contribution in [3.8, 4) is 17.2 Å².